The zero-order chi connectivity index (χ0) is 32.4. The number of hydrogen-bond donors (Lipinski definition) is 0. The van der Waals surface area contributed by atoms with Gasteiger partial charge in [0.1, 0.15) is 37.1 Å². The maximum absolute atomic E-state index is 5.98. The van der Waals surface area contributed by atoms with E-state index in [1.54, 1.807) is 37.2 Å². The number of hydrogen-bond acceptors (Lipinski definition) is 9. The molecule has 0 unspecified atom stereocenters. The van der Waals surface area contributed by atoms with E-state index < -0.39 is 0 Å². The number of rotatable bonds is 12. The summed E-state index contributed by atoms with van der Waals surface area (Å²) in [6.45, 7) is 1.35. The summed E-state index contributed by atoms with van der Waals surface area (Å²) in [5.41, 5.74) is 5.65. The summed E-state index contributed by atoms with van der Waals surface area (Å²) in [5, 5.41) is 0. The van der Waals surface area contributed by atoms with Crippen LogP contribution in [0.15, 0.2) is 146 Å². The van der Waals surface area contributed by atoms with Crippen LogP contribution in [-0.4, -0.2) is 29.9 Å². The van der Waals surface area contributed by atoms with Crippen LogP contribution in [0.25, 0.3) is 34.2 Å². The van der Waals surface area contributed by atoms with Gasteiger partial charge in [-0.3, -0.25) is 15.0 Å². The fourth-order valence-corrected chi connectivity index (χ4v) is 4.80. The fraction of sp³-hybridized carbons (Fsp3) is 0.0769. The van der Waals surface area contributed by atoms with Crippen LogP contribution < -0.4 is 14.2 Å². The van der Waals surface area contributed by atoms with Crippen molar-refractivity contribution >= 4 is 0 Å². The first-order chi connectivity index (χ1) is 23.7. The van der Waals surface area contributed by atoms with Crippen molar-refractivity contribution in [2.45, 2.75) is 19.8 Å². The monoisotopic (exact) mass is 630 g/mol. The molecule has 0 aliphatic heterocycles. The van der Waals surface area contributed by atoms with Gasteiger partial charge in [0.2, 0.25) is 0 Å². The summed E-state index contributed by atoms with van der Waals surface area (Å²) in [6.07, 6.45) is 10.5. The molecular weight excluding hydrogens is 600 g/mol. The second-order valence-electron chi connectivity index (χ2n) is 10.8. The van der Waals surface area contributed by atoms with Crippen molar-refractivity contribution in [3.63, 3.8) is 0 Å². The van der Waals surface area contributed by atoms with Crippen molar-refractivity contribution in [1.29, 1.82) is 0 Å². The number of benzene rings is 3. The van der Waals surface area contributed by atoms with E-state index in [9.17, 15) is 0 Å². The highest BCUT2D eigenvalue weighted by Crippen LogP contribution is 2.28. The number of nitrogens with zero attached hydrogens (tertiary/aromatic N) is 6. The molecule has 0 atom stereocenters. The molecule has 9 heteroatoms. The van der Waals surface area contributed by atoms with Gasteiger partial charge >= 0.3 is 0 Å². The first-order valence-electron chi connectivity index (χ1n) is 15.4. The molecule has 0 saturated heterocycles. The predicted octanol–water partition coefficient (Wildman–Crippen LogP) is 7.79. The van der Waals surface area contributed by atoms with Gasteiger partial charge in [0.25, 0.3) is 0 Å². The Kier molecular flexibility index (Phi) is 9.27. The second-order valence-corrected chi connectivity index (χ2v) is 10.8. The Bertz CT molecular complexity index is 1790. The molecule has 0 aliphatic carbocycles. The van der Waals surface area contributed by atoms with Gasteiger partial charge < -0.3 is 14.2 Å². The van der Waals surface area contributed by atoms with E-state index in [2.05, 4.69) is 15.0 Å². The summed E-state index contributed by atoms with van der Waals surface area (Å²) in [5.74, 6) is 3.88. The Labute approximate surface area is 278 Å². The highest BCUT2D eigenvalue weighted by Gasteiger charge is 2.13. The lowest BCUT2D eigenvalue weighted by Crippen LogP contribution is -2.01. The average molecular weight is 631 g/mol. The molecular formula is C39H30N6O3. The lowest BCUT2D eigenvalue weighted by Gasteiger charge is -2.11. The summed E-state index contributed by atoms with van der Waals surface area (Å²) in [7, 11) is 0. The molecule has 0 amide bonds. The van der Waals surface area contributed by atoms with Crippen LogP contribution in [0.5, 0.6) is 17.2 Å². The third-order valence-corrected chi connectivity index (χ3v) is 7.44. The van der Waals surface area contributed by atoms with Crippen molar-refractivity contribution in [2.75, 3.05) is 0 Å². The van der Waals surface area contributed by atoms with E-state index in [1.165, 1.54) is 0 Å². The quantitative estimate of drug-likeness (QED) is 0.134. The van der Waals surface area contributed by atoms with Crippen LogP contribution in [0.1, 0.15) is 16.7 Å². The van der Waals surface area contributed by atoms with Gasteiger partial charge in [0.15, 0.2) is 17.5 Å². The zero-order valence-electron chi connectivity index (χ0n) is 25.9. The standard InChI is InChI=1S/C39H30N6O3/c1-7-34(46-25-28-13-19-40-20-14-28)8-2-31(1)37-43-38(32-3-9-35(10-4-32)47-26-29-15-21-41-22-16-29)45-39(44-37)33-5-11-36(12-6-33)48-27-30-17-23-42-24-18-30/h1-24H,25-27H2. The molecule has 234 valence electrons. The molecule has 7 aromatic rings. The minimum Gasteiger partial charge on any atom is -0.489 e. The van der Waals surface area contributed by atoms with Gasteiger partial charge in [-0.05, 0) is 126 Å². The highest BCUT2D eigenvalue weighted by molar-refractivity contribution is 5.67. The molecule has 0 saturated carbocycles. The number of pyridine rings is 3. The van der Waals surface area contributed by atoms with Crippen LogP contribution in [0, 0.1) is 0 Å². The Morgan fingerprint density at radius 2 is 0.562 bits per heavy atom. The third kappa shape index (κ3) is 7.83. The van der Waals surface area contributed by atoms with Gasteiger partial charge in [-0.25, -0.2) is 15.0 Å². The van der Waals surface area contributed by atoms with E-state index in [1.807, 2.05) is 109 Å². The summed E-state index contributed by atoms with van der Waals surface area (Å²) < 4.78 is 17.9. The number of aromatic nitrogens is 6. The summed E-state index contributed by atoms with van der Waals surface area (Å²) in [6, 6.07) is 34.8. The Morgan fingerprint density at radius 1 is 0.312 bits per heavy atom. The Hall–Kier alpha value is -6.48. The van der Waals surface area contributed by atoms with Gasteiger partial charge in [0, 0.05) is 53.9 Å². The van der Waals surface area contributed by atoms with Crippen LogP contribution in [0.4, 0.5) is 0 Å². The molecule has 0 spiro atoms. The minimum absolute atomic E-state index is 0.451. The molecule has 0 aliphatic rings. The zero-order valence-corrected chi connectivity index (χ0v) is 25.9. The van der Waals surface area contributed by atoms with Crippen LogP contribution in [0.2, 0.25) is 0 Å². The van der Waals surface area contributed by atoms with Crippen LogP contribution in [-0.2, 0) is 19.8 Å². The Balaban J connectivity index is 1.14. The molecule has 9 nitrogen and oxygen atoms in total. The van der Waals surface area contributed by atoms with Crippen molar-refractivity contribution in [2.24, 2.45) is 0 Å². The molecule has 7 rings (SSSR count). The molecule has 0 bridgehead atoms. The van der Waals surface area contributed by atoms with Crippen LogP contribution >= 0.6 is 0 Å². The van der Waals surface area contributed by atoms with Gasteiger partial charge in [0.05, 0.1) is 0 Å². The van der Waals surface area contributed by atoms with E-state index in [0.717, 1.165) is 50.6 Å². The maximum Gasteiger partial charge on any atom is 0.164 e. The van der Waals surface area contributed by atoms with Gasteiger partial charge in [-0.15, -0.1) is 0 Å². The fourth-order valence-electron chi connectivity index (χ4n) is 4.80. The second kappa shape index (κ2) is 14.7. The van der Waals surface area contributed by atoms with Gasteiger partial charge in [-0.1, -0.05) is 0 Å². The van der Waals surface area contributed by atoms with E-state index in [4.69, 9.17) is 29.2 Å². The predicted molar refractivity (Wildman–Crippen MR) is 182 cm³/mol. The summed E-state index contributed by atoms with van der Waals surface area (Å²) >= 11 is 0. The summed E-state index contributed by atoms with van der Waals surface area (Å²) in [4.78, 5) is 26.8. The minimum atomic E-state index is 0.451. The molecule has 4 heterocycles. The lowest BCUT2D eigenvalue weighted by molar-refractivity contribution is 0.306. The highest BCUT2D eigenvalue weighted by atomic mass is 16.5. The lowest BCUT2D eigenvalue weighted by atomic mass is 10.1. The topological polar surface area (TPSA) is 105 Å². The van der Waals surface area contributed by atoms with E-state index in [0.29, 0.717) is 37.3 Å². The largest absolute Gasteiger partial charge is 0.489 e. The Morgan fingerprint density at radius 3 is 0.812 bits per heavy atom. The third-order valence-electron chi connectivity index (χ3n) is 7.44. The first kappa shape index (κ1) is 30.2. The van der Waals surface area contributed by atoms with Crippen molar-refractivity contribution in [3.8, 4) is 51.4 Å². The van der Waals surface area contributed by atoms with Crippen LogP contribution in [0.3, 0.4) is 0 Å². The van der Waals surface area contributed by atoms with Crippen molar-refractivity contribution < 1.29 is 14.2 Å². The molecule has 0 radical (unpaired) electrons. The molecule has 0 fully saturated rings. The molecule has 3 aromatic carbocycles. The van der Waals surface area contributed by atoms with Crippen molar-refractivity contribution in [1.82, 2.24) is 29.9 Å². The number of ether oxygens (including phenoxy) is 3. The molecule has 4 aromatic heterocycles. The van der Waals surface area contributed by atoms with E-state index in [-0.39, 0.29) is 0 Å². The SMILES string of the molecule is c1cc(COc2ccc(-c3nc(-c4ccc(OCc5ccncc5)cc4)nc(-c4ccc(OCc5ccncc5)cc4)n3)cc2)ccn1. The van der Waals surface area contributed by atoms with E-state index >= 15 is 0 Å². The normalized spacial score (nSPS) is 10.8. The average Bonchev–Trinajstić information content (AvgIpc) is 3.17. The molecule has 48 heavy (non-hydrogen) atoms. The maximum atomic E-state index is 5.98. The molecule has 0 N–H and O–H groups in total. The smallest absolute Gasteiger partial charge is 0.164 e. The van der Waals surface area contributed by atoms with Gasteiger partial charge in [-0.2, -0.15) is 0 Å². The van der Waals surface area contributed by atoms with Crippen molar-refractivity contribution in [3.05, 3.63) is 163 Å². The first-order valence-corrected chi connectivity index (χ1v) is 15.4.